The Labute approximate surface area is 210 Å². The van der Waals surface area contributed by atoms with E-state index in [-0.39, 0.29) is 52.7 Å². The van der Waals surface area contributed by atoms with Crippen LogP contribution in [0.4, 0.5) is 0 Å². The molecule has 35 heavy (non-hydrogen) atoms. The molecule has 1 saturated heterocycles. The van der Waals surface area contributed by atoms with Crippen molar-refractivity contribution in [2.24, 2.45) is 0 Å². The number of amides is 1. The maximum Gasteiger partial charge on any atom is 0.295 e. The quantitative estimate of drug-likeness (QED) is 0.287. The number of ketones is 1. The van der Waals surface area contributed by atoms with Crippen LogP contribution in [0, 0.1) is 0 Å². The summed E-state index contributed by atoms with van der Waals surface area (Å²) < 4.78 is 21.8. The normalized spacial score (nSPS) is 17.2. The van der Waals surface area contributed by atoms with Crippen molar-refractivity contribution in [2.75, 3.05) is 34.0 Å². The van der Waals surface area contributed by atoms with Crippen LogP contribution in [0.1, 0.15) is 37.9 Å². The molecule has 1 fully saturated rings. The number of ether oxygens (including phenoxy) is 4. The number of aliphatic hydroxyl groups is 1. The largest absolute Gasteiger partial charge is 0.507 e. The molecule has 1 N–H and O–H groups in total. The van der Waals surface area contributed by atoms with E-state index in [1.54, 1.807) is 24.3 Å². The molecular weight excluding hydrogens is 474 g/mol. The number of halogens is 1. The second-order valence-electron chi connectivity index (χ2n) is 8.10. The molecule has 2 aromatic rings. The van der Waals surface area contributed by atoms with Crippen LogP contribution in [0.3, 0.4) is 0 Å². The lowest BCUT2D eigenvalue weighted by molar-refractivity contribution is -0.140. The van der Waals surface area contributed by atoms with Gasteiger partial charge in [-0.15, -0.1) is 0 Å². The summed E-state index contributed by atoms with van der Waals surface area (Å²) in [5.74, 6) is -0.749. The first-order valence-corrected chi connectivity index (χ1v) is 11.7. The van der Waals surface area contributed by atoms with Crippen LogP contribution < -0.4 is 14.2 Å². The van der Waals surface area contributed by atoms with Crippen molar-refractivity contribution in [3.63, 3.8) is 0 Å². The number of nitrogens with zero attached hydrogens (tertiary/aromatic N) is 1. The molecule has 188 valence electrons. The minimum Gasteiger partial charge on any atom is -0.507 e. The van der Waals surface area contributed by atoms with E-state index in [1.165, 1.54) is 31.3 Å². The summed E-state index contributed by atoms with van der Waals surface area (Å²) in [5, 5.41) is 11.7. The Hall–Kier alpha value is -3.23. The number of aliphatic hydroxyl groups excluding tert-OH is 1. The highest BCUT2D eigenvalue weighted by Crippen LogP contribution is 2.43. The van der Waals surface area contributed by atoms with Gasteiger partial charge in [0.2, 0.25) is 0 Å². The number of benzene rings is 2. The van der Waals surface area contributed by atoms with Gasteiger partial charge in [-0.3, -0.25) is 9.59 Å². The molecule has 1 aliphatic heterocycles. The second-order valence-corrected chi connectivity index (χ2v) is 8.51. The fourth-order valence-electron chi connectivity index (χ4n) is 3.95. The van der Waals surface area contributed by atoms with Crippen molar-refractivity contribution in [1.82, 2.24) is 4.90 Å². The number of hydrogen-bond donors (Lipinski definition) is 1. The molecule has 8 nitrogen and oxygen atoms in total. The average molecular weight is 504 g/mol. The zero-order valence-electron chi connectivity index (χ0n) is 20.5. The third kappa shape index (κ3) is 5.55. The van der Waals surface area contributed by atoms with Gasteiger partial charge in [0.15, 0.2) is 0 Å². The van der Waals surface area contributed by atoms with E-state index in [0.717, 1.165) is 0 Å². The average Bonchev–Trinajstić information content (AvgIpc) is 3.09. The lowest BCUT2D eigenvalue weighted by Gasteiger charge is -2.26. The van der Waals surface area contributed by atoms with Crippen molar-refractivity contribution >= 4 is 29.1 Å². The molecule has 0 bridgehead atoms. The smallest absolute Gasteiger partial charge is 0.295 e. The minimum absolute atomic E-state index is 0.0402. The van der Waals surface area contributed by atoms with Crippen LogP contribution in [-0.4, -0.2) is 61.8 Å². The molecule has 2 aromatic carbocycles. The van der Waals surface area contributed by atoms with Gasteiger partial charge < -0.3 is 29.0 Å². The number of rotatable bonds is 10. The summed E-state index contributed by atoms with van der Waals surface area (Å²) in [6.45, 7) is 6.55. The van der Waals surface area contributed by atoms with Gasteiger partial charge >= 0.3 is 0 Å². The van der Waals surface area contributed by atoms with Crippen LogP contribution >= 0.6 is 11.6 Å². The Kier molecular flexibility index (Phi) is 8.64. The molecule has 3 rings (SSSR count). The van der Waals surface area contributed by atoms with E-state index in [1.807, 2.05) is 20.8 Å². The summed E-state index contributed by atoms with van der Waals surface area (Å²) in [7, 11) is 2.85. The predicted molar refractivity (Wildman–Crippen MR) is 132 cm³/mol. The highest BCUT2D eigenvalue weighted by atomic mass is 35.5. The number of carbonyl (C=O) groups is 2. The molecule has 0 saturated carbocycles. The van der Waals surface area contributed by atoms with E-state index in [2.05, 4.69) is 0 Å². The van der Waals surface area contributed by atoms with Crippen molar-refractivity contribution < 1.29 is 33.6 Å². The zero-order valence-corrected chi connectivity index (χ0v) is 21.2. The van der Waals surface area contributed by atoms with Crippen LogP contribution in [-0.2, 0) is 14.3 Å². The van der Waals surface area contributed by atoms with Crippen LogP contribution in [0.15, 0.2) is 42.0 Å². The Morgan fingerprint density at radius 3 is 2.31 bits per heavy atom. The molecule has 1 unspecified atom stereocenters. The molecule has 9 heteroatoms. The predicted octanol–water partition coefficient (Wildman–Crippen LogP) is 4.60. The fourth-order valence-corrected chi connectivity index (χ4v) is 4.18. The molecule has 0 radical (unpaired) electrons. The molecule has 0 aromatic heterocycles. The Morgan fingerprint density at radius 1 is 1.09 bits per heavy atom. The van der Waals surface area contributed by atoms with Gasteiger partial charge in [0, 0.05) is 12.6 Å². The molecule has 1 atom stereocenters. The summed E-state index contributed by atoms with van der Waals surface area (Å²) >= 11 is 6.21. The number of Topliss-reactive ketones (excluding diaryl/α,β-unsaturated/α-hetero) is 1. The Bertz CT molecular complexity index is 1110. The molecular formula is C26H30ClNO7. The van der Waals surface area contributed by atoms with Crippen LogP contribution in [0.5, 0.6) is 17.2 Å². The fraction of sp³-hybridized carbons (Fsp3) is 0.385. The monoisotopic (exact) mass is 503 g/mol. The van der Waals surface area contributed by atoms with E-state index < -0.39 is 17.7 Å². The third-order valence-electron chi connectivity index (χ3n) is 5.56. The molecule has 0 spiro atoms. The molecule has 0 aliphatic carbocycles. The first kappa shape index (κ1) is 26.4. The van der Waals surface area contributed by atoms with Crippen molar-refractivity contribution in [1.29, 1.82) is 0 Å². The summed E-state index contributed by atoms with van der Waals surface area (Å²) in [6, 6.07) is 9.17. The minimum atomic E-state index is -0.840. The Balaban J connectivity index is 2.17. The zero-order chi connectivity index (χ0) is 25.7. The summed E-state index contributed by atoms with van der Waals surface area (Å²) in [6.07, 6.45) is -0.0402. The highest BCUT2D eigenvalue weighted by molar-refractivity contribution is 6.46. The van der Waals surface area contributed by atoms with Gasteiger partial charge in [0.05, 0.1) is 55.7 Å². The topological polar surface area (TPSA) is 94.5 Å². The van der Waals surface area contributed by atoms with E-state index in [9.17, 15) is 14.7 Å². The number of hydrogen-bond acceptors (Lipinski definition) is 7. The summed E-state index contributed by atoms with van der Waals surface area (Å²) in [4.78, 5) is 27.7. The lowest BCUT2D eigenvalue weighted by atomic mass is 9.95. The van der Waals surface area contributed by atoms with Gasteiger partial charge in [-0.2, -0.15) is 0 Å². The number of likely N-dealkylation sites (tertiary alicyclic amines) is 1. The first-order chi connectivity index (χ1) is 16.7. The highest BCUT2D eigenvalue weighted by Gasteiger charge is 2.46. The number of methoxy groups -OCH3 is 2. The van der Waals surface area contributed by atoms with Crippen molar-refractivity contribution in [3.8, 4) is 17.2 Å². The second kappa shape index (κ2) is 11.5. The SMILES string of the molecule is CCOc1ccc(C2/C(=C(\O)c3cc(OC)c(Cl)cc3OC)C(=O)C(=O)N2CCOC(C)C)cc1. The van der Waals surface area contributed by atoms with Gasteiger partial charge in [-0.05, 0) is 44.5 Å². The first-order valence-electron chi connectivity index (χ1n) is 11.3. The van der Waals surface area contributed by atoms with Crippen LogP contribution in [0.25, 0.3) is 5.76 Å². The lowest BCUT2D eigenvalue weighted by Crippen LogP contribution is -2.33. The van der Waals surface area contributed by atoms with E-state index in [4.69, 9.17) is 30.5 Å². The summed E-state index contributed by atoms with van der Waals surface area (Å²) in [5.41, 5.74) is 0.756. The third-order valence-corrected chi connectivity index (χ3v) is 5.85. The van der Waals surface area contributed by atoms with Crippen molar-refractivity contribution in [2.45, 2.75) is 32.9 Å². The number of carbonyl (C=O) groups excluding carboxylic acids is 2. The van der Waals surface area contributed by atoms with Crippen molar-refractivity contribution in [3.05, 3.63) is 58.1 Å². The van der Waals surface area contributed by atoms with E-state index >= 15 is 0 Å². The molecule has 1 heterocycles. The molecule has 1 amide bonds. The maximum atomic E-state index is 13.2. The molecule has 1 aliphatic rings. The van der Waals surface area contributed by atoms with Crippen LogP contribution in [0.2, 0.25) is 5.02 Å². The van der Waals surface area contributed by atoms with Gasteiger partial charge in [0.1, 0.15) is 23.0 Å². The van der Waals surface area contributed by atoms with E-state index in [0.29, 0.717) is 17.9 Å². The standard InChI is InChI=1S/C26H30ClNO7/c1-6-34-17-9-7-16(8-10-17)23-22(25(30)26(31)28(23)11-12-35-15(2)3)24(29)18-13-21(33-5)19(27)14-20(18)32-4/h7-10,13-15,23,29H,6,11-12H2,1-5H3/b24-22+. The van der Waals surface area contributed by atoms with Gasteiger partial charge in [0.25, 0.3) is 11.7 Å². The van der Waals surface area contributed by atoms with Gasteiger partial charge in [-0.25, -0.2) is 0 Å². The maximum absolute atomic E-state index is 13.2. The Morgan fingerprint density at radius 2 is 1.74 bits per heavy atom. The van der Waals surface area contributed by atoms with Gasteiger partial charge in [-0.1, -0.05) is 23.7 Å².